The Hall–Kier alpha value is -2.35. The fourth-order valence-electron chi connectivity index (χ4n) is 2.95. The number of piperidine rings is 1. The third-order valence-corrected chi connectivity index (χ3v) is 4.14. The van der Waals surface area contributed by atoms with Crippen molar-refractivity contribution in [3.8, 4) is 6.07 Å². The average Bonchev–Trinajstić information content (AvgIpc) is 2.53. The predicted molar refractivity (Wildman–Crippen MR) is 89.4 cm³/mol. The van der Waals surface area contributed by atoms with E-state index in [1.54, 1.807) is 18.2 Å². The first-order chi connectivity index (χ1) is 10.9. The SMILES string of the molecule is CC(=O)c1ccc(C#N)cc1N1CCC(C(=O)NC(C)C)CC1. The Morgan fingerprint density at radius 2 is 1.96 bits per heavy atom. The Bertz CT molecular complexity index is 638. The Morgan fingerprint density at radius 1 is 1.30 bits per heavy atom. The van der Waals surface area contributed by atoms with E-state index >= 15 is 0 Å². The van der Waals surface area contributed by atoms with Gasteiger partial charge in [-0.3, -0.25) is 9.59 Å². The number of rotatable bonds is 4. The van der Waals surface area contributed by atoms with Crippen molar-refractivity contribution < 1.29 is 9.59 Å². The molecule has 122 valence electrons. The highest BCUT2D eigenvalue weighted by molar-refractivity contribution is 6.00. The molecule has 1 aromatic rings. The minimum absolute atomic E-state index is 0.0100. The van der Waals surface area contributed by atoms with Crippen molar-refractivity contribution in [1.82, 2.24) is 5.32 Å². The minimum Gasteiger partial charge on any atom is -0.371 e. The maximum atomic E-state index is 12.1. The first-order valence-electron chi connectivity index (χ1n) is 8.02. The first kappa shape index (κ1) is 17.0. The van der Waals surface area contributed by atoms with Crippen LogP contribution in [0.2, 0.25) is 0 Å². The van der Waals surface area contributed by atoms with Gasteiger partial charge in [0.05, 0.1) is 11.6 Å². The lowest BCUT2D eigenvalue weighted by Gasteiger charge is -2.34. The Morgan fingerprint density at radius 3 is 2.48 bits per heavy atom. The van der Waals surface area contributed by atoms with Gasteiger partial charge < -0.3 is 10.2 Å². The molecule has 0 aromatic heterocycles. The van der Waals surface area contributed by atoms with Gasteiger partial charge >= 0.3 is 0 Å². The third kappa shape index (κ3) is 4.10. The lowest BCUT2D eigenvalue weighted by molar-refractivity contribution is -0.126. The molecule has 0 atom stereocenters. The van der Waals surface area contributed by atoms with Crippen LogP contribution in [0, 0.1) is 17.2 Å². The van der Waals surface area contributed by atoms with Gasteiger partial charge in [0.15, 0.2) is 5.78 Å². The summed E-state index contributed by atoms with van der Waals surface area (Å²) in [7, 11) is 0. The van der Waals surface area contributed by atoms with Crippen LogP contribution in [0.15, 0.2) is 18.2 Å². The summed E-state index contributed by atoms with van der Waals surface area (Å²) in [6.07, 6.45) is 1.51. The smallest absolute Gasteiger partial charge is 0.223 e. The van der Waals surface area contributed by atoms with Crippen LogP contribution in [0.3, 0.4) is 0 Å². The summed E-state index contributed by atoms with van der Waals surface area (Å²) in [6, 6.07) is 7.42. The number of carbonyl (C=O) groups excluding carboxylic acids is 2. The number of carbonyl (C=O) groups is 2. The van der Waals surface area contributed by atoms with Crippen molar-refractivity contribution in [3.63, 3.8) is 0 Å². The van der Waals surface area contributed by atoms with Gasteiger partial charge in [0.25, 0.3) is 0 Å². The Kier molecular flexibility index (Phi) is 5.38. The van der Waals surface area contributed by atoms with Crippen molar-refractivity contribution in [2.24, 2.45) is 5.92 Å². The van der Waals surface area contributed by atoms with Gasteiger partial charge in [-0.1, -0.05) is 0 Å². The monoisotopic (exact) mass is 313 g/mol. The fourth-order valence-corrected chi connectivity index (χ4v) is 2.95. The number of hydrogen-bond donors (Lipinski definition) is 1. The molecule has 5 nitrogen and oxygen atoms in total. The normalized spacial score (nSPS) is 15.3. The van der Waals surface area contributed by atoms with E-state index < -0.39 is 0 Å². The van der Waals surface area contributed by atoms with E-state index in [0.717, 1.165) is 18.5 Å². The Balaban J connectivity index is 2.12. The zero-order valence-electron chi connectivity index (χ0n) is 13.9. The van der Waals surface area contributed by atoms with Crippen LogP contribution in [0.4, 0.5) is 5.69 Å². The van der Waals surface area contributed by atoms with E-state index in [9.17, 15) is 9.59 Å². The van der Waals surface area contributed by atoms with Gasteiger partial charge in [0, 0.05) is 36.3 Å². The van der Waals surface area contributed by atoms with E-state index in [2.05, 4.69) is 16.3 Å². The molecule has 1 aliphatic rings. The second-order valence-electron chi connectivity index (χ2n) is 6.32. The number of Topliss-reactive ketones (excluding diaryl/α,β-unsaturated/α-hetero) is 1. The molecule has 2 rings (SSSR count). The maximum absolute atomic E-state index is 12.1. The van der Waals surface area contributed by atoms with Gasteiger partial charge in [0.1, 0.15) is 0 Å². The molecule has 0 saturated carbocycles. The molecule has 1 aromatic carbocycles. The van der Waals surface area contributed by atoms with Crippen LogP contribution in [-0.4, -0.2) is 30.8 Å². The molecule has 1 amide bonds. The fraction of sp³-hybridized carbons (Fsp3) is 0.500. The van der Waals surface area contributed by atoms with E-state index in [-0.39, 0.29) is 23.7 Å². The molecule has 0 aliphatic carbocycles. The third-order valence-electron chi connectivity index (χ3n) is 4.14. The van der Waals surface area contributed by atoms with E-state index in [4.69, 9.17) is 5.26 Å². The van der Waals surface area contributed by atoms with Crippen LogP contribution in [0.25, 0.3) is 0 Å². The van der Waals surface area contributed by atoms with Crippen LogP contribution < -0.4 is 10.2 Å². The van der Waals surface area contributed by atoms with Crippen LogP contribution in [0.1, 0.15) is 49.5 Å². The van der Waals surface area contributed by atoms with Gasteiger partial charge in [-0.15, -0.1) is 0 Å². The lowest BCUT2D eigenvalue weighted by atomic mass is 9.94. The van der Waals surface area contributed by atoms with Gasteiger partial charge in [-0.25, -0.2) is 0 Å². The number of nitriles is 1. The van der Waals surface area contributed by atoms with E-state index in [0.29, 0.717) is 24.2 Å². The molecule has 23 heavy (non-hydrogen) atoms. The van der Waals surface area contributed by atoms with Crippen molar-refractivity contribution in [3.05, 3.63) is 29.3 Å². The molecule has 1 N–H and O–H groups in total. The number of anilines is 1. The molecule has 1 aliphatic heterocycles. The summed E-state index contributed by atoms with van der Waals surface area (Å²) in [4.78, 5) is 26.0. The second kappa shape index (κ2) is 7.28. The number of nitrogens with zero attached hydrogens (tertiary/aromatic N) is 2. The lowest BCUT2D eigenvalue weighted by Crippen LogP contribution is -2.42. The number of benzene rings is 1. The highest BCUT2D eigenvalue weighted by Crippen LogP contribution is 2.28. The number of ketones is 1. The van der Waals surface area contributed by atoms with Gasteiger partial charge in [-0.2, -0.15) is 5.26 Å². The quantitative estimate of drug-likeness (QED) is 0.867. The summed E-state index contributed by atoms with van der Waals surface area (Å²) in [5.41, 5.74) is 1.98. The number of amides is 1. The molecule has 1 heterocycles. The molecule has 0 radical (unpaired) electrons. The summed E-state index contributed by atoms with van der Waals surface area (Å²) in [5, 5.41) is 12.0. The van der Waals surface area contributed by atoms with Gasteiger partial charge in [0.2, 0.25) is 5.91 Å². The molecule has 0 bridgehead atoms. The maximum Gasteiger partial charge on any atom is 0.223 e. The van der Waals surface area contributed by atoms with Crippen molar-refractivity contribution in [2.75, 3.05) is 18.0 Å². The predicted octanol–water partition coefficient (Wildman–Crippen LogP) is 2.50. The second-order valence-corrected chi connectivity index (χ2v) is 6.32. The highest BCUT2D eigenvalue weighted by atomic mass is 16.2. The zero-order valence-corrected chi connectivity index (χ0v) is 13.9. The molecule has 0 spiro atoms. The molecular formula is C18H23N3O2. The standard InChI is InChI=1S/C18H23N3O2/c1-12(2)20-18(23)15-6-8-21(9-7-15)17-10-14(11-19)4-5-16(17)13(3)22/h4-5,10,12,15H,6-9H2,1-3H3,(H,20,23). The molecule has 1 saturated heterocycles. The molecular weight excluding hydrogens is 290 g/mol. The summed E-state index contributed by atoms with van der Waals surface area (Å²) in [6.45, 7) is 6.88. The van der Waals surface area contributed by atoms with Crippen molar-refractivity contribution in [1.29, 1.82) is 5.26 Å². The molecule has 1 fully saturated rings. The van der Waals surface area contributed by atoms with Gasteiger partial charge in [-0.05, 0) is 51.8 Å². The summed E-state index contributed by atoms with van der Waals surface area (Å²) < 4.78 is 0. The van der Waals surface area contributed by atoms with E-state index in [1.165, 1.54) is 6.92 Å². The molecule has 0 unspecified atom stereocenters. The topological polar surface area (TPSA) is 73.2 Å². The largest absolute Gasteiger partial charge is 0.371 e. The first-order valence-corrected chi connectivity index (χ1v) is 8.02. The highest BCUT2D eigenvalue weighted by Gasteiger charge is 2.26. The number of hydrogen-bond acceptors (Lipinski definition) is 4. The zero-order chi connectivity index (χ0) is 17.0. The minimum atomic E-state index is -0.0100. The summed E-state index contributed by atoms with van der Waals surface area (Å²) >= 11 is 0. The van der Waals surface area contributed by atoms with Crippen LogP contribution in [-0.2, 0) is 4.79 Å². The van der Waals surface area contributed by atoms with Crippen molar-refractivity contribution in [2.45, 2.75) is 39.7 Å². The molecule has 5 heteroatoms. The number of nitrogens with one attached hydrogen (secondary N) is 1. The Labute approximate surface area is 137 Å². The van der Waals surface area contributed by atoms with E-state index in [1.807, 2.05) is 13.8 Å². The average molecular weight is 313 g/mol. The summed E-state index contributed by atoms with van der Waals surface area (Å²) in [5.74, 6) is 0.120. The van der Waals surface area contributed by atoms with Crippen LogP contribution >= 0.6 is 0 Å². The van der Waals surface area contributed by atoms with Crippen molar-refractivity contribution >= 4 is 17.4 Å². The van der Waals surface area contributed by atoms with Crippen LogP contribution in [0.5, 0.6) is 0 Å².